The maximum atomic E-state index is 13.2. The fourth-order valence-corrected chi connectivity index (χ4v) is 3.78. The van der Waals surface area contributed by atoms with Gasteiger partial charge in [-0.25, -0.2) is 4.79 Å². The van der Waals surface area contributed by atoms with E-state index in [1.807, 2.05) is 0 Å². The summed E-state index contributed by atoms with van der Waals surface area (Å²) in [6.45, 7) is -0.168. The molecule has 0 saturated carbocycles. The molecule has 180 valence electrons. The van der Waals surface area contributed by atoms with Crippen LogP contribution in [0.5, 0.6) is 0 Å². The van der Waals surface area contributed by atoms with Crippen molar-refractivity contribution in [2.45, 2.75) is 24.6 Å². The number of halogens is 6. The normalized spacial score (nSPS) is 20.7. The van der Waals surface area contributed by atoms with Crippen LogP contribution in [0.15, 0.2) is 42.5 Å². The highest BCUT2D eigenvalue weighted by Gasteiger charge is 2.48. The molecule has 7 nitrogen and oxygen atoms in total. The smallest absolute Gasteiger partial charge is 0.437 e. The van der Waals surface area contributed by atoms with Gasteiger partial charge >= 0.3 is 18.3 Å². The van der Waals surface area contributed by atoms with Crippen LogP contribution in [0.4, 0.5) is 32.0 Å². The Morgan fingerprint density at radius 3 is 2.38 bits per heavy atom. The number of hydrogen-bond acceptors (Lipinski definition) is 5. The van der Waals surface area contributed by atoms with Gasteiger partial charge < -0.3 is 15.0 Å². The van der Waals surface area contributed by atoms with E-state index in [4.69, 9.17) is 0 Å². The molecule has 0 aliphatic carbocycles. The molecule has 0 spiro atoms. The van der Waals surface area contributed by atoms with Gasteiger partial charge in [0.1, 0.15) is 0 Å². The number of carbonyl (C=O) groups is 3. The van der Waals surface area contributed by atoms with Crippen molar-refractivity contribution < 1.29 is 45.5 Å². The Morgan fingerprint density at radius 1 is 1.00 bits per heavy atom. The summed E-state index contributed by atoms with van der Waals surface area (Å²) in [7, 11) is 0. The van der Waals surface area contributed by atoms with Crippen molar-refractivity contribution in [1.82, 2.24) is 10.2 Å². The van der Waals surface area contributed by atoms with Crippen LogP contribution in [-0.2, 0) is 20.5 Å². The molecule has 2 amide bonds. The fraction of sp³-hybridized carbons (Fsp3) is 0.286. The number of rotatable bonds is 2. The first-order chi connectivity index (χ1) is 15.9. The van der Waals surface area contributed by atoms with Crippen molar-refractivity contribution in [3.05, 3.63) is 53.6 Å². The zero-order chi connectivity index (χ0) is 24.8. The maximum Gasteiger partial charge on any atom is 0.490 e. The summed E-state index contributed by atoms with van der Waals surface area (Å²) < 4.78 is 81.6. The van der Waals surface area contributed by atoms with Gasteiger partial charge in [0, 0.05) is 13.1 Å². The molecule has 2 N–H and O–H groups in total. The number of piperazine rings is 1. The number of nitrogens with zero attached hydrogens (tertiary/aromatic N) is 1. The molecule has 2 aromatic carbocycles. The number of ether oxygens (including phenoxy) is 1. The van der Waals surface area contributed by atoms with Gasteiger partial charge in [-0.1, -0.05) is 18.2 Å². The van der Waals surface area contributed by atoms with Crippen molar-refractivity contribution in [3.8, 4) is 11.1 Å². The van der Waals surface area contributed by atoms with Crippen LogP contribution < -0.4 is 10.6 Å². The van der Waals surface area contributed by atoms with Crippen LogP contribution in [0.2, 0.25) is 0 Å². The average molecular weight is 487 g/mol. The highest BCUT2D eigenvalue weighted by atomic mass is 19.4. The number of anilines is 1. The number of esters is 1. The maximum absolute atomic E-state index is 13.2. The molecule has 1 unspecified atom stereocenters. The van der Waals surface area contributed by atoms with Crippen LogP contribution in [0.3, 0.4) is 0 Å². The van der Waals surface area contributed by atoms with Crippen molar-refractivity contribution in [2.24, 2.45) is 0 Å². The monoisotopic (exact) mass is 487 g/mol. The van der Waals surface area contributed by atoms with Crippen molar-refractivity contribution in [3.63, 3.8) is 0 Å². The van der Waals surface area contributed by atoms with Crippen molar-refractivity contribution in [1.29, 1.82) is 0 Å². The summed E-state index contributed by atoms with van der Waals surface area (Å²) in [6, 6.07) is 6.81. The SMILES string of the molecule is O=C1Nc2ccc(-c3cccc(C(F)(F)F)c3)cc2C(=O)N2CCNC(OC(=O)C(F)(F)F)[C@H]12. The summed E-state index contributed by atoms with van der Waals surface area (Å²) in [5.41, 5.74) is -0.540. The lowest BCUT2D eigenvalue weighted by Crippen LogP contribution is -2.64. The van der Waals surface area contributed by atoms with Crippen LogP contribution in [0, 0.1) is 0 Å². The standard InChI is InChI=1S/C21H15F6N3O4/c22-20(23,24)12-3-1-2-10(8-12)11-4-5-14-13(9-11)18(32)30-7-6-28-17(15(30)16(31)29-14)34-19(33)21(25,26)27/h1-5,8-9,15,17,28H,6-7H2,(H,29,31)/t15-,17?/m0/s1. The Labute approximate surface area is 187 Å². The summed E-state index contributed by atoms with van der Waals surface area (Å²) >= 11 is 0. The molecule has 2 aliphatic heterocycles. The zero-order valence-electron chi connectivity index (χ0n) is 17.0. The van der Waals surface area contributed by atoms with E-state index in [-0.39, 0.29) is 35.5 Å². The predicted octanol–water partition coefficient (Wildman–Crippen LogP) is 3.17. The molecule has 1 saturated heterocycles. The molecule has 2 aromatic rings. The fourth-order valence-electron chi connectivity index (χ4n) is 3.78. The van der Waals surface area contributed by atoms with E-state index in [2.05, 4.69) is 15.4 Å². The third-order valence-electron chi connectivity index (χ3n) is 5.35. The van der Waals surface area contributed by atoms with Gasteiger partial charge in [-0.15, -0.1) is 0 Å². The van der Waals surface area contributed by atoms with E-state index < -0.39 is 48.0 Å². The zero-order valence-corrected chi connectivity index (χ0v) is 17.0. The largest absolute Gasteiger partial charge is 0.490 e. The van der Waals surface area contributed by atoms with Gasteiger partial charge in [-0.3, -0.25) is 14.9 Å². The highest BCUT2D eigenvalue weighted by molar-refractivity contribution is 6.10. The molecule has 2 heterocycles. The summed E-state index contributed by atoms with van der Waals surface area (Å²) in [6.07, 6.45) is -11.6. The minimum absolute atomic E-state index is 0.0148. The molecule has 0 radical (unpaired) electrons. The molecule has 34 heavy (non-hydrogen) atoms. The van der Waals surface area contributed by atoms with Gasteiger partial charge in [-0.2, -0.15) is 26.3 Å². The third kappa shape index (κ3) is 4.42. The van der Waals surface area contributed by atoms with E-state index in [9.17, 15) is 40.7 Å². The summed E-state index contributed by atoms with van der Waals surface area (Å²) in [4.78, 5) is 38.2. The molecule has 0 aromatic heterocycles. The molecule has 4 rings (SSSR count). The highest BCUT2D eigenvalue weighted by Crippen LogP contribution is 2.34. The first-order valence-electron chi connectivity index (χ1n) is 9.81. The number of amides is 2. The van der Waals surface area contributed by atoms with Crippen LogP contribution in [-0.4, -0.2) is 54.2 Å². The number of nitrogens with one attached hydrogen (secondary N) is 2. The van der Waals surface area contributed by atoms with Crippen LogP contribution in [0.1, 0.15) is 15.9 Å². The number of alkyl halides is 6. The second kappa shape index (κ2) is 8.31. The van der Waals surface area contributed by atoms with Gasteiger partial charge in [0.15, 0.2) is 12.3 Å². The van der Waals surface area contributed by atoms with Crippen LogP contribution >= 0.6 is 0 Å². The second-order valence-electron chi connectivity index (χ2n) is 7.55. The number of carbonyl (C=O) groups excluding carboxylic acids is 3. The minimum Gasteiger partial charge on any atom is -0.437 e. The topological polar surface area (TPSA) is 87.7 Å². The molecule has 13 heteroatoms. The van der Waals surface area contributed by atoms with Gasteiger partial charge in [-0.05, 0) is 35.4 Å². The number of fused-ring (bicyclic) bond motifs is 2. The number of benzene rings is 2. The van der Waals surface area contributed by atoms with Gasteiger partial charge in [0.2, 0.25) is 0 Å². The van der Waals surface area contributed by atoms with Gasteiger partial charge in [0.05, 0.1) is 16.8 Å². The van der Waals surface area contributed by atoms with Crippen molar-refractivity contribution >= 4 is 23.5 Å². The molecule has 0 bridgehead atoms. The Morgan fingerprint density at radius 2 is 1.71 bits per heavy atom. The lowest BCUT2D eigenvalue weighted by molar-refractivity contribution is -0.210. The number of hydrogen-bond donors (Lipinski definition) is 2. The van der Waals surface area contributed by atoms with Gasteiger partial charge in [0.25, 0.3) is 11.8 Å². The Bertz CT molecular complexity index is 1160. The predicted molar refractivity (Wildman–Crippen MR) is 104 cm³/mol. The Kier molecular flexibility index (Phi) is 5.75. The van der Waals surface area contributed by atoms with E-state index in [1.54, 1.807) is 0 Å². The first kappa shape index (κ1) is 23.5. The van der Waals surface area contributed by atoms with E-state index in [0.717, 1.165) is 17.0 Å². The quantitative estimate of drug-likeness (QED) is 0.502. The van der Waals surface area contributed by atoms with E-state index in [1.165, 1.54) is 30.3 Å². The summed E-state index contributed by atoms with van der Waals surface area (Å²) in [5.74, 6) is -4.19. The molecule has 2 atom stereocenters. The minimum atomic E-state index is -5.31. The van der Waals surface area contributed by atoms with Crippen LogP contribution in [0.25, 0.3) is 11.1 Å². The van der Waals surface area contributed by atoms with E-state index >= 15 is 0 Å². The molecular weight excluding hydrogens is 472 g/mol. The lowest BCUT2D eigenvalue weighted by atomic mass is 9.99. The first-order valence-corrected chi connectivity index (χ1v) is 9.81. The average Bonchev–Trinajstić information content (AvgIpc) is 2.87. The second-order valence-corrected chi connectivity index (χ2v) is 7.55. The molecular formula is C21H15F6N3O4. The van der Waals surface area contributed by atoms with E-state index in [0.29, 0.717) is 0 Å². The lowest BCUT2D eigenvalue weighted by Gasteiger charge is -2.38. The summed E-state index contributed by atoms with van der Waals surface area (Å²) in [5, 5.41) is 4.89. The Hall–Kier alpha value is -3.61. The van der Waals surface area contributed by atoms with Crippen molar-refractivity contribution in [2.75, 3.05) is 18.4 Å². The Balaban J connectivity index is 1.68. The molecule has 2 aliphatic rings. The third-order valence-corrected chi connectivity index (χ3v) is 5.35. The molecule has 1 fully saturated rings.